The summed E-state index contributed by atoms with van der Waals surface area (Å²) in [7, 11) is -3.99. The molecule has 3 rings (SSSR count). The quantitative estimate of drug-likeness (QED) is 0.455. The molecule has 35 heavy (non-hydrogen) atoms. The average molecular weight is 535 g/mol. The molecule has 190 valence electrons. The first-order valence-corrected chi connectivity index (χ1v) is 12.5. The SMILES string of the molecule is CC1(C)SC(=O)N[C@H]1[C@H](CS(=O)(=O)c1ccc(Oc2ccc(OC(F)(F)F)cc2)cc1)NC(=O)O. The Morgan fingerprint density at radius 3 is 2.09 bits per heavy atom. The molecule has 1 fully saturated rings. The topological polar surface area (TPSA) is 131 Å². The molecule has 14 heteroatoms. The van der Waals surface area contributed by atoms with Crippen molar-refractivity contribution in [3.63, 3.8) is 0 Å². The van der Waals surface area contributed by atoms with Crippen molar-refractivity contribution in [2.45, 2.75) is 41.9 Å². The van der Waals surface area contributed by atoms with E-state index in [2.05, 4.69) is 15.4 Å². The number of halogens is 3. The largest absolute Gasteiger partial charge is 0.573 e. The summed E-state index contributed by atoms with van der Waals surface area (Å²) in [5.74, 6) is -0.614. The monoisotopic (exact) mass is 534 g/mol. The number of nitrogens with one attached hydrogen (secondary N) is 2. The number of carbonyl (C=O) groups is 2. The lowest BCUT2D eigenvalue weighted by atomic mass is 9.97. The number of amides is 2. The van der Waals surface area contributed by atoms with Gasteiger partial charge in [-0.15, -0.1) is 13.2 Å². The van der Waals surface area contributed by atoms with Gasteiger partial charge in [0.2, 0.25) is 0 Å². The third-order valence-electron chi connectivity index (χ3n) is 4.96. The second-order valence-electron chi connectivity index (χ2n) is 8.05. The van der Waals surface area contributed by atoms with Crippen LogP contribution in [0.3, 0.4) is 0 Å². The highest BCUT2D eigenvalue weighted by Gasteiger charge is 2.46. The number of benzene rings is 2. The molecular weight excluding hydrogens is 513 g/mol. The van der Waals surface area contributed by atoms with Crippen LogP contribution in [0, 0.1) is 0 Å². The van der Waals surface area contributed by atoms with Crippen LogP contribution in [0.5, 0.6) is 17.2 Å². The van der Waals surface area contributed by atoms with E-state index in [0.717, 1.165) is 23.9 Å². The van der Waals surface area contributed by atoms with Crippen molar-refractivity contribution in [2.75, 3.05) is 5.75 Å². The molecule has 2 aromatic rings. The number of alkyl halides is 3. The Morgan fingerprint density at radius 2 is 1.63 bits per heavy atom. The maximum atomic E-state index is 13.0. The van der Waals surface area contributed by atoms with Crippen LogP contribution >= 0.6 is 11.8 Å². The summed E-state index contributed by atoms with van der Waals surface area (Å²) in [5, 5.41) is 13.6. The van der Waals surface area contributed by atoms with Gasteiger partial charge in [-0.25, -0.2) is 13.2 Å². The second-order valence-corrected chi connectivity index (χ2v) is 11.7. The van der Waals surface area contributed by atoms with Crippen LogP contribution in [0.15, 0.2) is 53.4 Å². The summed E-state index contributed by atoms with van der Waals surface area (Å²) in [4.78, 5) is 23.0. The number of carbonyl (C=O) groups excluding carboxylic acids is 1. The van der Waals surface area contributed by atoms with E-state index in [4.69, 9.17) is 4.74 Å². The molecule has 0 bridgehead atoms. The lowest BCUT2D eigenvalue weighted by Crippen LogP contribution is -2.57. The van der Waals surface area contributed by atoms with E-state index in [1.54, 1.807) is 13.8 Å². The zero-order valence-electron chi connectivity index (χ0n) is 18.3. The molecule has 2 aromatic carbocycles. The Hall–Kier alpha value is -3.13. The normalized spacial score (nSPS) is 18.4. The fourth-order valence-electron chi connectivity index (χ4n) is 3.49. The van der Waals surface area contributed by atoms with Gasteiger partial charge < -0.3 is 25.2 Å². The molecule has 0 unspecified atom stereocenters. The number of carboxylic acid groups (broad SMARTS) is 1. The van der Waals surface area contributed by atoms with Gasteiger partial charge in [0.25, 0.3) is 5.24 Å². The fourth-order valence-corrected chi connectivity index (χ4v) is 6.00. The number of sulfone groups is 1. The highest BCUT2D eigenvalue weighted by atomic mass is 32.2. The molecule has 0 radical (unpaired) electrons. The average Bonchev–Trinajstić information content (AvgIpc) is 3.00. The Balaban J connectivity index is 1.72. The van der Waals surface area contributed by atoms with Crippen LogP contribution in [0.25, 0.3) is 0 Å². The molecule has 1 heterocycles. The van der Waals surface area contributed by atoms with Crippen LogP contribution < -0.4 is 20.1 Å². The summed E-state index contributed by atoms with van der Waals surface area (Å²) in [6, 6.07) is 7.99. The van der Waals surface area contributed by atoms with E-state index in [0.29, 0.717) is 0 Å². The van der Waals surface area contributed by atoms with Crippen molar-refractivity contribution in [1.82, 2.24) is 10.6 Å². The molecule has 0 aromatic heterocycles. The van der Waals surface area contributed by atoms with E-state index < -0.39 is 50.6 Å². The Kier molecular flexibility index (Phi) is 7.45. The van der Waals surface area contributed by atoms with Crippen LogP contribution in [0.1, 0.15) is 13.8 Å². The molecule has 2 atom stereocenters. The van der Waals surface area contributed by atoms with Gasteiger partial charge in [-0.05, 0) is 62.4 Å². The first kappa shape index (κ1) is 26.5. The first-order valence-electron chi connectivity index (χ1n) is 10.0. The molecule has 0 saturated carbocycles. The predicted molar refractivity (Wildman–Crippen MR) is 121 cm³/mol. The van der Waals surface area contributed by atoms with Crippen LogP contribution in [-0.4, -0.2) is 53.8 Å². The van der Waals surface area contributed by atoms with Gasteiger partial charge in [0.15, 0.2) is 9.84 Å². The van der Waals surface area contributed by atoms with Crippen LogP contribution in [0.4, 0.5) is 22.8 Å². The van der Waals surface area contributed by atoms with Crippen molar-refractivity contribution >= 4 is 32.9 Å². The summed E-state index contributed by atoms with van der Waals surface area (Å²) in [6.07, 6.45) is -6.25. The minimum absolute atomic E-state index is 0.106. The number of rotatable bonds is 8. The maximum Gasteiger partial charge on any atom is 0.573 e. The van der Waals surface area contributed by atoms with Crippen molar-refractivity contribution in [3.8, 4) is 17.2 Å². The van der Waals surface area contributed by atoms with Gasteiger partial charge in [0.05, 0.1) is 22.7 Å². The van der Waals surface area contributed by atoms with E-state index >= 15 is 0 Å². The van der Waals surface area contributed by atoms with Gasteiger partial charge >= 0.3 is 12.5 Å². The number of thioether (sulfide) groups is 1. The zero-order valence-corrected chi connectivity index (χ0v) is 20.0. The van der Waals surface area contributed by atoms with E-state index in [1.807, 2.05) is 0 Å². The first-order chi connectivity index (χ1) is 16.1. The Morgan fingerprint density at radius 1 is 1.11 bits per heavy atom. The Bertz CT molecular complexity index is 1180. The zero-order chi connectivity index (χ0) is 26.0. The van der Waals surface area contributed by atoms with Gasteiger partial charge in [-0.2, -0.15) is 0 Å². The molecular formula is C21H21F3N2O7S2. The van der Waals surface area contributed by atoms with Crippen LogP contribution in [-0.2, 0) is 9.84 Å². The van der Waals surface area contributed by atoms with Crippen molar-refractivity contribution in [1.29, 1.82) is 0 Å². The van der Waals surface area contributed by atoms with E-state index in [1.165, 1.54) is 36.4 Å². The lowest BCUT2D eigenvalue weighted by Gasteiger charge is -2.31. The van der Waals surface area contributed by atoms with Crippen molar-refractivity contribution in [3.05, 3.63) is 48.5 Å². The third-order valence-corrected chi connectivity index (χ3v) is 7.84. The van der Waals surface area contributed by atoms with Gasteiger partial charge in [0.1, 0.15) is 17.2 Å². The smallest absolute Gasteiger partial charge is 0.465 e. The third kappa shape index (κ3) is 7.18. The molecule has 1 saturated heterocycles. The highest BCUT2D eigenvalue weighted by molar-refractivity contribution is 8.15. The van der Waals surface area contributed by atoms with Crippen molar-refractivity contribution < 1.29 is 45.8 Å². The Labute approximate surface area is 202 Å². The minimum atomic E-state index is -4.82. The molecule has 2 amide bonds. The standard InChI is InChI=1S/C21H21F3N2O7S2/c1-20(2)17(26-19(29)34-20)16(25-18(27)28)11-35(30,31)15-9-7-13(8-10-15)32-12-3-5-14(6-4-12)33-21(22,23)24/h3-10,16-17,25H,11H2,1-2H3,(H,26,29)(H,27,28)/t16-,17-/m0/s1. The summed E-state index contributed by atoms with van der Waals surface area (Å²) in [6.45, 7) is 3.41. The lowest BCUT2D eigenvalue weighted by molar-refractivity contribution is -0.274. The predicted octanol–water partition coefficient (Wildman–Crippen LogP) is 4.39. The number of hydrogen-bond donors (Lipinski definition) is 3. The molecule has 9 nitrogen and oxygen atoms in total. The van der Waals surface area contributed by atoms with E-state index in [9.17, 15) is 36.3 Å². The van der Waals surface area contributed by atoms with Gasteiger partial charge in [-0.3, -0.25) is 4.79 Å². The maximum absolute atomic E-state index is 13.0. The molecule has 1 aliphatic heterocycles. The molecule has 3 N–H and O–H groups in total. The van der Waals surface area contributed by atoms with Gasteiger partial charge in [0, 0.05) is 4.75 Å². The van der Waals surface area contributed by atoms with E-state index in [-0.39, 0.29) is 21.6 Å². The molecule has 1 aliphatic rings. The summed E-state index contributed by atoms with van der Waals surface area (Å²) < 4.78 is 71.3. The molecule has 0 spiro atoms. The second kappa shape index (κ2) is 9.85. The fraction of sp³-hybridized carbons (Fsp3) is 0.333. The number of hydrogen-bond acceptors (Lipinski definition) is 7. The van der Waals surface area contributed by atoms with Gasteiger partial charge in [-0.1, -0.05) is 11.8 Å². The number of ether oxygens (including phenoxy) is 2. The molecule has 0 aliphatic carbocycles. The van der Waals surface area contributed by atoms with Crippen LogP contribution in [0.2, 0.25) is 0 Å². The minimum Gasteiger partial charge on any atom is -0.465 e. The summed E-state index contributed by atoms with van der Waals surface area (Å²) >= 11 is 0.956. The summed E-state index contributed by atoms with van der Waals surface area (Å²) in [5.41, 5.74) is 0. The van der Waals surface area contributed by atoms with Crippen molar-refractivity contribution in [2.24, 2.45) is 0 Å². The highest BCUT2D eigenvalue weighted by Crippen LogP contribution is 2.37.